The average molecular weight is 317 g/mol. The van der Waals surface area contributed by atoms with Gasteiger partial charge in [0.25, 0.3) is 0 Å². The molecule has 23 heavy (non-hydrogen) atoms. The standard InChI is InChI=1S/C19H27NO3/c1-19(2,9-6-10-20-11-13-21-14-12-20)23-16-15-22-17-18-7-4-3-5-8-18/h3-5,7-8H,10-17H2,1-2H3. The molecule has 0 amide bonds. The van der Waals surface area contributed by atoms with E-state index < -0.39 is 5.60 Å². The first-order chi connectivity index (χ1) is 11.2. The van der Waals surface area contributed by atoms with E-state index in [0.29, 0.717) is 19.8 Å². The lowest BCUT2D eigenvalue weighted by atomic mass is 10.1. The van der Waals surface area contributed by atoms with Gasteiger partial charge in [-0.2, -0.15) is 0 Å². The maximum Gasteiger partial charge on any atom is 0.123 e. The van der Waals surface area contributed by atoms with E-state index in [9.17, 15) is 0 Å². The van der Waals surface area contributed by atoms with Crippen molar-refractivity contribution in [1.82, 2.24) is 4.90 Å². The van der Waals surface area contributed by atoms with Crippen molar-refractivity contribution < 1.29 is 14.2 Å². The average Bonchev–Trinajstić information content (AvgIpc) is 2.56. The third-order valence-electron chi connectivity index (χ3n) is 3.60. The highest BCUT2D eigenvalue weighted by Gasteiger charge is 2.14. The Kier molecular flexibility index (Phi) is 7.57. The summed E-state index contributed by atoms with van der Waals surface area (Å²) in [6.07, 6.45) is 0. The molecule has 1 aliphatic heterocycles. The van der Waals surface area contributed by atoms with Crippen molar-refractivity contribution in [3.63, 3.8) is 0 Å². The fourth-order valence-electron chi connectivity index (χ4n) is 2.28. The van der Waals surface area contributed by atoms with Crippen molar-refractivity contribution in [2.75, 3.05) is 46.1 Å². The Labute approximate surface area is 139 Å². The van der Waals surface area contributed by atoms with Crippen LogP contribution in [0.2, 0.25) is 0 Å². The van der Waals surface area contributed by atoms with Crippen LogP contribution in [0.15, 0.2) is 30.3 Å². The molecule has 0 unspecified atom stereocenters. The second-order valence-corrected chi connectivity index (χ2v) is 6.09. The minimum absolute atomic E-state index is 0.442. The second-order valence-electron chi connectivity index (χ2n) is 6.09. The van der Waals surface area contributed by atoms with Crippen LogP contribution in [0.3, 0.4) is 0 Å². The smallest absolute Gasteiger partial charge is 0.123 e. The van der Waals surface area contributed by atoms with E-state index in [-0.39, 0.29) is 0 Å². The van der Waals surface area contributed by atoms with Gasteiger partial charge in [0.05, 0.1) is 39.6 Å². The molecule has 0 aromatic heterocycles. The Morgan fingerprint density at radius 3 is 2.61 bits per heavy atom. The van der Waals surface area contributed by atoms with Gasteiger partial charge in [-0.05, 0) is 19.4 Å². The molecule has 1 heterocycles. The molecule has 1 saturated heterocycles. The van der Waals surface area contributed by atoms with Gasteiger partial charge in [-0.1, -0.05) is 42.2 Å². The lowest BCUT2D eigenvalue weighted by molar-refractivity contribution is -0.0172. The second kappa shape index (κ2) is 9.69. The Balaban J connectivity index is 1.59. The zero-order valence-electron chi connectivity index (χ0n) is 14.2. The SMILES string of the molecule is CC(C)(C#CCN1CCOCC1)OCCOCc1ccccc1. The van der Waals surface area contributed by atoms with E-state index >= 15 is 0 Å². The van der Waals surface area contributed by atoms with Crippen LogP contribution in [0.4, 0.5) is 0 Å². The van der Waals surface area contributed by atoms with Crippen molar-refractivity contribution in [2.45, 2.75) is 26.1 Å². The Hall–Kier alpha value is -1.38. The molecule has 2 rings (SSSR count). The Bertz CT molecular complexity index is 498. The van der Waals surface area contributed by atoms with Gasteiger partial charge in [0.15, 0.2) is 0 Å². The summed E-state index contributed by atoms with van der Waals surface area (Å²) in [5.41, 5.74) is 0.736. The first kappa shape index (κ1) is 18.0. The quantitative estimate of drug-likeness (QED) is 0.570. The molecule has 0 atom stereocenters. The number of ether oxygens (including phenoxy) is 3. The van der Waals surface area contributed by atoms with Crippen LogP contribution < -0.4 is 0 Å². The third-order valence-corrected chi connectivity index (χ3v) is 3.60. The van der Waals surface area contributed by atoms with Crippen LogP contribution in [0.25, 0.3) is 0 Å². The molecule has 1 aromatic rings. The molecule has 1 fully saturated rings. The van der Waals surface area contributed by atoms with E-state index in [0.717, 1.165) is 32.8 Å². The summed E-state index contributed by atoms with van der Waals surface area (Å²) >= 11 is 0. The summed E-state index contributed by atoms with van der Waals surface area (Å²) in [4.78, 5) is 2.30. The first-order valence-corrected chi connectivity index (χ1v) is 8.21. The molecular formula is C19H27NO3. The summed E-state index contributed by atoms with van der Waals surface area (Å²) in [6.45, 7) is 10.0. The number of hydrogen-bond donors (Lipinski definition) is 0. The Morgan fingerprint density at radius 1 is 1.13 bits per heavy atom. The zero-order valence-corrected chi connectivity index (χ0v) is 14.2. The van der Waals surface area contributed by atoms with Gasteiger partial charge in [0.1, 0.15) is 5.60 Å². The van der Waals surface area contributed by atoms with E-state index in [1.807, 2.05) is 32.0 Å². The van der Waals surface area contributed by atoms with Gasteiger partial charge in [-0.25, -0.2) is 0 Å². The number of rotatable bonds is 7. The van der Waals surface area contributed by atoms with E-state index in [4.69, 9.17) is 14.2 Å². The van der Waals surface area contributed by atoms with Crippen molar-refractivity contribution in [3.8, 4) is 11.8 Å². The maximum absolute atomic E-state index is 5.82. The summed E-state index contributed by atoms with van der Waals surface area (Å²) < 4.78 is 16.8. The molecule has 0 aliphatic carbocycles. The lowest BCUT2D eigenvalue weighted by Gasteiger charge is -2.24. The number of morpholine rings is 1. The molecular weight excluding hydrogens is 290 g/mol. The minimum Gasteiger partial charge on any atom is -0.379 e. The monoisotopic (exact) mass is 317 g/mol. The largest absolute Gasteiger partial charge is 0.379 e. The van der Waals surface area contributed by atoms with Gasteiger partial charge in [0, 0.05) is 13.1 Å². The first-order valence-electron chi connectivity index (χ1n) is 8.21. The van der Waals surface area contributed by atoms with Gasteiger partial charge in [-0.15, -0.1) is 0 Å². The molecule has 126 valence electrons. The molecule has 1 aromatic carbocycles. The lowest BCUT2D eigenvalue weighted by Crippen LogP contribution is -2.36. The van der Waals surface area contributed by atoms with E-state index in [1.54, 1.807) is 0 Å². The van der Waals surface area contributed by atoms with Crippen LogP contribution in [-0.2, 0) is 20.8 Å². The normalized spacial score (nSPS) is 15.9. The fraction of sp³-hybridized carbons (Fsp3) is 0.579. The number of hydrogen-bond acceptors (Lipinski definition) is 4. The fourth-order valence-corrected chi connectivity index (χ4v) is 2.28. The van der Waals surface area contributed by atoms with Gasteiger partial charge >= 0.3 is 0 Å². The van der Waals surface area contributed by atoms with Crippen molar-refractivity contribution >= 4 is 0 Å². The molecule has 0 bridgehead atoms. The molecule has 4 heteroatoms. The summed E-state index contributed by atoms with van der Waals surface area (Å²) in [5, 5.41) is 0. The molecule has 0 radical (unpaired) electrons. The summed E-state index contributed by atoms with van der Waals surface area (Å²) in [6, 6.07) is 10.2. The summed E-state index contributed by atoms with van der Waals surface area (Å²) in [5.74, 6) is 6.42. The van der Waals surface area contributed by atoms with Crippen LogP contribution in [-0.4, -0.2) is 56.6 Å². The highest BCUT2D eigenvalue weighted by atomic mass is 16.5. The van der Waals surface area contributed by atoms with Crippen molar-refractivity contribution in [3.05, 3.63) is 35.9 Å². The molecule has 0 N–H and O–H groups in total. The van der Waals surface area contributed by atoms with Gasteiger partial charge in [0.2, 0.25) is 0 Å². The highest BCUT2D eigenvalue weighted by molar-refractivity contribution is 5.13. The van der Waals surface area contributed by atoms with Crippen LogP contribution in [0.1, 0.15) is 19.4 Å². The van der Waals surface area contributed by atoms with Crippen LogP contribution in [0, 0.1) is 11.8 Å². The van der Waals surface area contributed by atoms with Crippen molar-refractivity contribution in [2.24, 2.45) is 0 Å². The van der Waals surface area contributed by atoms with Crippen LogP contribution in [0.5, 0.6) is 0 Å². The zero-order chi connectivity index (χ0) is 16.4. The number of benzene rings is 1. The van der Waals surface area contributed by atoms with Gasteiger partial charge in [-0.3, -0.25) is 4.90 Å². The Morgan fingerprint density at radius 2 is 1.87 bits per heavy atom. The van der Waals surface area contributed by atoms with Crippen LogP contribution >= 0.6 is 0 Å². The molecule has 4 nitrogen and oxygen atoms in total. The molecule has 1 aliphatic rings. The summed E-state index contributed by atoms with van der Waals surface area (Å²) in [7, 11) is 0. The predicted octanol–water partition coefficient (Wildman–Crippen LogP) is 2.33. The van der Waals surface area contributed by atoms with E-state index in [2.05, 4.69) is 28.9 Å². The maximum atomic E-state index is 5.82. The van der Waals surface area contributed by atoms with E-state index in [1.165, 1.54) is 5.56 Å². The topological polar surface area (TPSA) is 30.9 Å². The predicted molar refractivity (Wildman–Crippen MR) is 91.2 cm³/mol. The molecule has 0 spiro atoms. The molecule has 0 saturated carbocycles. The van der Waals surface area contributed by atoms with Crippen molar-refractivity contribution in [1.29, 1.82) is 0 Å². The highest BCUT2D eigenvalue weighted by Crippen LogP contribution is 2.07. The minimum atomic E-state index is -0.442. The third kappa shape index (κ3) is 7.62. The number of nitrogens with zero attached hydrogens (tertiary/aromatic N) is 1. The van der Waals surface area contributed by atoms with Gasteiger partial charge < -0.3 is 14.2 Å².